The molecule has 2 heterocycles. The summed E-state index contributed by atoms with van der Waals surface area (Å²) in [6.45, 7) is 0.257. The van der Waals surface area contributed by atoms with Gasteiger partial charge in [-0.05, 0) is 24.1 Å². The lowest BCUT2D eigenvalue weighted by molar-refractivity contribution is -0.122. The van der Waals surface area contributed by atoms with Crippen molar-refractivity contribution in [2.45, 2.75) is 18.5 Å². The Morgan fingerprint density at radius 2 is 2.17 bits per heavy atom. The Kier molecular flexibility index (Phi) is 2.78. The van der Waals surface area contributed by atoms with Gasteiger partial charge < -0.3 is 9.47 Å². The van der Waals surface area contributed by atoms with Gasteiger partial charge in [-0.15, -0.1) is 0 Å². The molecule has 2 atom stereocenters. The van der Waals surface area contributed by atoms with Crippen LogP contribution in [0.5, 0.6) is 11.5 Å². The number of carbonyl (C=O) groups excluding carboxylic acids is 1. The predicted molar refractivity (Wildman–Crippen MR) is 62.3 cm³/mol. The highest BCUT2D eigenvalue weighted by molar-refractivity contribution is 5.81. The SMILES string of the molecule is NNC(=O)C1CC(c2ccc3c(c2)OCO3)NN1. The first-order valence-corrected chi connectivity index (χ1v) is 5.69. The van der Waals surface area contributed by atoms with Crippen LogP contribution in [-0.4, -0.2) is 18.7 Å². The van der Waals surface area contributed by atoms with Crippen molar-refractivity contribution in [2.75, 3.05) is 6.79 Å². The summed E-state index contributed by atoms with van der Waals surface area (Å²) in [5, 5.41) is 0. The Hall–Kier alpha value is -1.83. The number of benzene rings is 1. The van der Waals surface area contributed by atoms with Crippen molar-refractivity contribution in [3.05, 3.63) is 23.8 Å². The molecule has 1 amide bonds. The fraction of sp³-hybridized carbons (Fsp3) is 0.364. The van der Waals surface area contributed by atoms with Gasteiger partial charge in [0.1, 0.15) is 6.04 Å². The van der Waals surface area contributed by atoms with Crippen LogP contribution in [0.25, 0.3) is 0 Å². The molecule has 0 bridgehead atoms. The lowest BCUT2D eigenvalue weighted by Crippen LogP contribution is -2.45. The van der Waals surface area contributed by atoms with Crippen molar-refractivity contribution in [1.82, 2.24) is 16.3 Å². The van der Waals surface area contributed by atoms with E-state index < -0.39 is 0 Å². The molecule has 7 heteroatoms. The van der Waals surface area contributed by atoms with Crippen LogP contribution in [0.1, 0.15) is 18.0 Å². The number of amides is 1. The zero-order valence-electron chi connectivity index (χ0n) is 9.60. The molecule has 0 aliphatic carbocycles. The van der Waals surface area contributed by atoms with E-state index >= 15 is 0 Å². The van der Waals surface area contributed by atoms with Gasteiger partial charge in [0.25, 0.3) is 5.91 Å². The van der Waals surface area contributed by atoms with Gasteiger partial charge in [-0.1, -0.05) is 6.07 Å². The van der Waals surface area contributed by atoms with E-state index in [1.165, 1.54) is 0 Å². The van der Waals surface area contributed by atoms with Crippen LogP contribution < -0.4 is 31.6 Å². The van der Waals surface area contributed by atoms with Gasteiger partial charge in [0.05, 0.1) is 0 Å². The third-order valence-corrected chi connectivity index (χ3v) is 3.16. The van der Waals surface area contributed by atoms with E-state index in [2.05, 4.69) is 16.3 Å². The normalized spacial score (nSPS) is 25.2. The maximum Gasteiger partial charge on any atom is 0.252 e. The maximum atomic E-state index is 11.4. The summed E-state index contributed by atoms with van der Waals surface area (Å²) in [4.78, 5) is 11.4. The lowest BCUT2D eigenvalue weighted by Gasteiger charge is -2.10. The molecule has 1 saturated heterocycles. The average molecular weight is 250 g/mol. The fourth-order valence-corrected chi connectivity index (χ4v) is 2.18. The quantitative estimate of drug-likeness (QED) is 0.315. The van der Waals surface area contributed by atoms with Gasteiger partial charge in [-0.2, -0.15) is 0 Å². The first kappa shape index (κ1) is 11.3. The molecule has 2 aliphatic heterocycles. The molecule has 5 N–H and O–H groups in total. The van der Waals surface area contributed by atoms with Crippen molar-refractivity contribution >= 4 is 5.91 Å². The number of nitrogens with two attached hydrogens (primary N) is 1. The van der Waals surface area contributed by atoms with Crippen LogP contribution in [-0.2, 0) is 4.79 Å². The molecular formula is C11H14N4O3. The minimum atomic E-state index is -0.328. The molecule has 0 spiro atoms. The van der Waals surface area contributed by atoms with Gasteiger partial charge in [0, 0.05) is 6.04 Å². The molecule has 0 aromatic heterocycles. The van der Waals surface area contributed by atoms with Crippen LogP contribution in [0.15, 0.2) is 18.2 Å². The topological polar surface area (TPSA) is 97.6 Å². The first-order valence-electron chi connectivity index (χ1n) is 5.69. The van der Waals surface area contributed by atoms with Crippen molar-refractivity contribution in [1.29, 1.82) is 0 Å². The minimum absolute atomic E-state index is 0.0433. The Morgan fingerprint density at radius 3 is 3.00 bits per heavy atom. The summed E-state index contributed by atoms with van der Waals surface area (Å²) in [6.07, 6.45) is 0.628. The smallest absolute Gasteiger partial charge is 0.252 e. The summed E-state index contributed by atoms with van der Waals surface area (Å²) in [7, 11) is 0. The molecule has 1 fully saturated rings. The van der Waals surface area contributed by atoms with E-state index in [0.29, 0.717) is 6.42 Å². The summed E-state index contributed by atoms with van der Waals surface area (Å²) in [6, 6.07) is 5.46. The predicted octanol–water partition coefficient (Wildman–Crippen LogP) is -0.687. The summed E-state index contributed by atoms with van der Waals surface area (Å²) < 4.78 is 10.6. The Labute approximate surface area is 104 Å². The van der Waals surface area contributed by atoms with E-state index in [0.717, 1.165) is 17.1 Å². The molecule has 0 saturated carbocycles. The molecular weight excluding hydrogens is 236 g/mol. The van der Waals surface area contributed by atoms with Gasteiger partial charge in [0.2, 0.25) is 6.79 Å². The number of hydrogen-bond acceptors (Lipinski definition) is 6. The molecule has 3 rings (SSSR count). The summed E-state index contributed by atoms with van der Waals surface area (Å²) in [5.74, 6) is 6.36. The second kappa shape index (κ2) is 4.45. The van der Waals surface area contributed by atoms with Crippen molar-refractivity contribution in [3.63, 3.8) is 0 Å². The Balaban J connectivity index is 1.75. The Morgan fingerprint density at radius 1 is 1.33 bits per heavy atom. The molecule has 0 radical (unpaired) electrons. The van der Waals surface area contributed by atoms with Crippen LogP contribution >= 0.6 is 0 Å². The standard InChI is InChI=1S/C11H14N4O3/c12-13-11(16)8-4-7(14-15-8)6-1-2-9-10(3-6)18-5-17-9/h1-3,7-8,14-15H,4-5,12H2,(H,13,16). The van der Waals surface area contributed by atoms with Crippen LogP contribution in [0, 0.1) is 0 Å². The monoisotopic (exact) mass is 250 g/mol. The molecule has 1 aromatic carbocycles. The minimum Gasteiger partial charge on any atom is -0.454 e. The van der Waals surface area contributed by atoms with Crippen molar-refractivity contribution in [2.24, 2.45) is 5.84 Å². The van der Waals surface area contributed by atoms with Gasteiger partial charge in [0.15, 0.2) is 11.5 Å². The van der Waals surface area contributed by atoms with E-state index in [1.54, 1.807) is 0 Å². The lowest BCUT2D eigenvalue weighted by atomic mass is 10.0. The number of ether oxygens (including phenoxy) is 2. The highest BCUT2D eigenvalue weighted by Crippen LogP contribution is 2.35. The van der Waals surface area contributed by atoms with Gasteiger partial charge >= 0.3 is 0 Å². The second-order valence-electron chi connectivity index (χ2n) is 4.25. The number of fused-ring (bicyclic) bond motifs is 1. The molecule has 2 unspecified atom stereocenters. The molecule has 18 heavy (non-hydrogen) atoms. The zero-order chi connectivity index (χ0) is 12.5. The summed E-state index contributed by atoms with van der Waals surface area (Å²) >= 11 is 0. The third kappa shape index (κ3) is 1.88. The van der Waals surface area contributed by atoms with Crippen LogP contribution in [0.3, 0.4) is 0 Å². The third-order valence-electron chi connectivity index (χ3n) is 3.16. The Bertz CT molecular complexity index is 479. The number of carbonyl (C=O) groups is 1. The van der Waals surface area contributed by atoms with E-state index in [1.807, 2.05) is 18.2 Å². The number of hydrazine groups is 2. The zero-order valence-corrected chi connectivity index (χ0v) is 9.60. The number of nitrogens with one attached hydrogen (secondary N) is 3. The van der Waals surface area contributed by atoms with E-state index in [4.69, 9.17) is 15.3 Å². The molecule has 2 aliphatic rings. The maximum absolute atomic E-state index is 11.4. The van der Waals surface area contributed by atoms with E-state index in [9.17, 15) is 4.79 Å². The van der Waals surface area contributed by atoms with Crippen molar-refractivity contribution < 1.29 is 14.3 Å². The highest BCUT2D eigenvalue weighted by Gasteiger charge is 2.30. The van der Waals surface area contributed by atoms with Gasteiger partial charge in [-0.25, -0.2) is 16.7 Å². The van der Waals surface area contributed by atoms with Crippen LogP contribution in [0.4, 0.5) is 0 Å². The number of rotatable bonds is 2. The first-order chi connectivity index (χ1) is 8.78. The fourth-order valence-electron chi connectivity index (χ4n) is 2.18. The van der Waals surface area contributed by atoms with Crippen LogP contribution in [0.2, 0.25) is 0 Å². The van der Waals surface area contributed by atoms with Crippen molar-refractivity contribution in [3.8, 4) is 11.5 Å². The van der Waals surface area contributed by atoms with Gasteiger partial charge in [-0.3, -0.25) is 10.2 Å². The average Bonchev–Trinajstić information content (AvgIpc) is 3.05. The molecule has 1 aromatic rings. The largest absolute Gasteiger partial charge is 0.454 e. The molecule has 96 valence electrons. The summed E-state index contributed by atoms with van der Waals surface area (Å²) in [5.41, 5.74) is 9.15. The number of hydrogen-bond donors (Lipinski definition) is 4. The highest BCUT2D eigenvalue weighted by atomic mass is 16.7. The molecule has 7 nitrogen and oxygen atoms in total. The van der Waals surface area contributed by atoms with E-state index in [-0.39, 0.29) is 24.8 Å². The second-order valence-corrected chi connectivity index (χ2v) is 4.25.